The average Bonchev–Trinajstić information content (AvgIpc) is 2.98. The van der Waals surface area contributed by atoms with Crippen LogP contribution >= 0.6 is 11.3 Å². The van der Waals surface area contributed by atoms with Crippen LogP contribution in [-0.2, 0) is 6.54 Å². The van der Waals surface area contributed by atoms with Gasteiger partial charge in [0.1, 0.15) is 0 Å². The number of thiophene rings is 1. The van der Waals surface area contributed by atoms with Gasteiger partial charge < -0.3 is 10.3 Å². The van der Waals surface area contributed by atoms with Gasteiger partial charge in [-0.3, -0.25) is 9.78 Å². The predicted molar refractivity (Wildman–Crippen MR) is 71.7 cm³/mol. The van der Waals surface area contributed by atoms with Gasteiger partial charge in [-0.2, -0.15) is 0 Å². The molecule has 0 aliphatic carbocycles. The normalized spacial score (nSPS) is 10.9. The predicted octanol–water partition coefficient (Wildman–Crippen LogP) is 2.25. The van der Waals surface area contributed by atoms with Crippen molar-refractivity contribution in [3.63, 3.8) is 0 Å². The van der Waals surface area contributed by atoms with Crippen molar-refractivity contribution in [1.82, 2.24) is 9.55 Å². The third-order valence-electron chi connectivity index (χ3n) is 2.84. The Morgan fingerprint density at radius 2 is 2.33 bits per heavy atom. The van der Waals surface area contributed by atoms with Gasteiger partial charge >= 0.3 is 0 Å². The van der Waals surface area contributed by atoms with Gasteiger partial charge in [-0.25, -0.2) is 0 Å². The number of primary amides is 1. The van der Waals surface area contributed by atoms with Gasteiger partial charge in [0.25, 0.3) is 0 Å². The zero-order chi connectivity index (χ0) is 12.5. The highest BCUT2D eigenvalue weighted by molar-refractivity contribution is 7.10. The van der Waals surface area contributed by atoms with Crippen molar-refractivity contribution in [2.24, 2.45) is 5.73 Å². The number of pyridine rings is 1. The first-order chi connectivity index (χ1) is 8.74. The number of nitrogens with zero attached hydrogens (tertiary/aromatic N) is 2. The van der Waals surface area contributed by atoms with Crippen molar-refractivity contribution < 1.29 is 4.79 Å². The van der Waals surface area contributed by atoms with Crippen molar-refractivity contribution >= 4 is 28.1 Å². The van der Waals surface area contributed by atoms with E-state index in [1.54, 1.807) is 22.9 Å². The quantitative estimate of drug-likeness (QED) is 0.782. The summed E-state index contributed by atoms with van der Waals surface area (Å²) in [4.78, 5) is 16.2. The lowest BCUT2D eigenvalue weighted by Crippen LogP contribution is -2.09. The molecule has 0 aliphatic rings. The van der Waals surface area contributed by atoms with E-state index < -0.39 is 0 Å². The maximum absolute atomic E-state index is 11.0. The van der Waals surface area contributed by atoms with Gasteiger partial charge in [-0.05, 0) is 18.2 Å². The first-order valence-corrected chi connectivity index (χ1v) is 6.38. The molecular formula is C13H11N3OS. The minimum Gasteiger partial charge on any atom is -0.366 e. The Morgan fingerprint density at radius 1 is 1.44 bits per heavy atom. The van der Waals surface area contributed by atoms with Crippen LogP contribution < -0.4 is 5.73 Å². The topological polar surface area (TPSA) is 60.9 Å². The number of aromatic nitrogens is 2. The summed E-state index contributed by atoms with van der Waals surface area (Å²) >= 11 is 1.55. The van der Waals surface area contributed by atoms with E-state index in [4.69, 9.17) is 5.73 Å². The molecule has 0 saturated heterocycles. The van der Waals surface area contributed by atoms with E-state index >= 15 is 0 Å². The number of fused-ring (bicyclic) bond motifs is 1. The average molecular weight is 257 g/mol. The van der Waals surface area contributed by atoms with Crippen LogP contribution in [0.4, 0.5) is 0 Å². The van der Waals surface area contributed by atoms with Crippen molar-refractivity contribution in [3.8, 4) is 0 Å². The van der Waals surface area contributed by atoms with Crippen LogP contribution in [0.25, 0.3) is 10.9 Å². The Hall–Kier alpha value is -2.14. The Bertz CT molecular complexity index is 714. The second kappa shape index (κ2) is 4.27. The summed E-state index contributed by atoms with van der Waals surface area (Å²) < 4.78 is 2.13. The molecule has 0 bridgehead atoms. The smallest absolute Gasteiger partial charge is 0.249 e. The lowest BCUT2D eigenvalue weighted by molar-refractivity contribution is 0.100. The molecule has 90 valence electrons. The summed E-state index contributed by atoms with van der Waals surface area (Å²) in [6.07, 6.45) is 5.65. The second-order valence-electron chi connectivity index (χ2n) is 4.04. The number of nitrogens with two attached hydrogens (primary N) is 1. The highest BCUT2D eigenvalue weighted by Gasteiger charge is 2.06. The lowest BCUT2D eigenvalue weighted by Gasteiger charge is -2.02. The van der Waals surface area contributed by atoms with E-state index in [9.17, 15) is 4.79 Å². The molecule has 2 N–H and O–H groups in total. The van der Waals surface area contributed by atoms with E-state index in [-0.39, 0.29) is 5.91 Å². The molecule has 3 aromatic heterocycles. The molecule has 4 nitrogen and oxygen atoms in total. The summed E-state index contributed by atoms with van der Waals surface area (Å²) in [5.74, 6) is -0.376. The molecule has 1 amide bonds. The van der Waals surface area contributed by atoms with Gasteiger partial charge in [0, 0.05) is 34.2 Å². The Balaban J connectivity index is 1.93. The Labute approximate surface area is 108 Å². The van der Waals surface area contributed by atoms with Crippen molar-refractivity contribution in [3.05, 3.63) is 52.6 Å². The fraction of sp³-hybridized carbons (Fsp3) is 0.0769. The fourth-order valence-electron chi connectivity index (χ4n) is 1.94. The van der Waals surface area contributed by atoms with Crippen LogP contribution in [0.1, 0.15) is 15.2 Å². The van der Waals surface area contributed by atoms with Crippen LogP contribution in [0, 0.1) is 0 Å². The summed E-state index contributed by atoms with van der Waals surface area (Å²) in [5.41, 5.74) is 6.96. The molecule has 0 atom stereocenters. The molecular weight excluding hydrogens is 246 g/mol. The Kier molecular flexibility index (Phi) is 2.60. The van der Waals surface area contributed by atoms with E-state index in [1.165, 1.54) is 0 Å². The molecule has 0 aliphatic heterocycles. The minimum absolute atomic E-state index is 0.376. The summed E-state index contributed by atoms with van der Waals surface area (Å²) in [6.45, 7) is 0.742. The third kappa shape index (κ3) is 1.89. The molecule has 0 fully saturated rings. The third-order valence-corrected chi connectivity index (χ3v) is 3.76. The number of carbonyl (C=O) groups is 1. The second-order valence-corrected chi connectivity index (χ2v) is 5.04. The molecule has 5 heteroatoms. The van der Waals surface area contributed by atoms with E-state index in [0.717, 1.165) is 22.3 Å². The Morgan fingerprint density at radius 3 is 3.11 bits per heavy atom. The van der Waals surface area contributed by atoms with Gasteiger partial charge in [0.2, 0.25) is 5.91 Å². The van der Waals surface area contributed by atoms with Crippen LogP contribution in [0.2, 0.25) is 0 Å². The maximum atomic E-state index is 11.0. The highest BCUT2D eigenvalue weighted by atomic mass is 32.1. The van der Waals surface area contributed by atoms with Crippen LogP contribution in [0.3, 0.4) is 0 Å². The van der Waals surface area contributed by atoms with Gasteiger partial charge in [-0.1, -0.05) is 0 Å². The fourth-order valence-corrected chi connectivity index (χ4v) is 2.81. The maximum Gasteiger partial charge on any atom is 0.249 e. The van der Waals surface area contributed by atoms with Crippen molar-refractivity contribution in [1.29, 1.82) is 0 Å². The van der Waals surface area contributed by atoms with E-state index in [1.807, 2.05) is 30.6 Å². The monoisotopic (exact) mass is 257 g/mol. The number of amides is 1. The zero-order valence-electron chi connectivity index (χ0n) is 9.54. The molecule has 3 aromatic rings. The molecule has 3 heterocycles. The number of hydrogen-bond donors (Lipinski definition) is 1. The summed E-state index contributed by atoms with van der Waals surface area (Å²) in [5, 5.41) is 2.91. The largest absolute Gasteiger partial charge is 0.366 e. The SMILES string of the molecule is NC(=O)c1csc(Cn2ccc3cnccc32)c1. The number of carbonyl (C=O) groups excluding carboxylic acids is 1. The van der Waals surface area contributed by atoms with Gasteiger partial charge in [0.15, 0.2) is 0 Å². The summed E-state index contributed by atoms with van der Waals surface area (Å²) in [6, 6.07) is 5.86. The number of hydrogen-bond acceptors (Lipinski definition) is 3. The molecule has 0 radical (unpaired) electrons. The van der Waals surface area contributed by atoms with Crippen LogP contribution in [-0.4, -0.2) is 15.5 Å². The van der Waals surface area contributed by atoms with Gasteiger partial charge in [0.05, 0.1) is 17.6 Å². The van der Waals surface area contributed by atoms with E-state index in [0.29, 0.717) is 5.56 Å². The first kappa shape index (κ1) is 11.0. The van der Waals surface area contributed by atoms with Crippen LogP contribution in [0.5, 0.6) is 0 Å². The molecule has 0 unspecified atom stereocenters. The number of rotatable bonds is 3. The lowest BCUT2D eigenvalue weighted by atomic mass is 10.3. The molecule has 18 heavy (non-hydrogen) atoms. The zero-order valence-corrected chi connectivity index (χ0v) is 10.4. The summed E-state index contributed by atoms with van der Waals surface area (Å²) in [7, 11) is 0. The highest BCUT2D eigenvalue weighted by Crippen LogP contribution is 2.19. The van der Waals surface area contributed by atoms with Crippen LogP contribution in [0.15, 0.2) is 42.2 Å². The molecule has 3 rings (SSSR count). The van der Waals surface area contributed by atoms with Crippen molar-refractivity contribution in [2.45, 2.75) is 6.54 Å². The molecule has 0 spiro atoms. The van der Waals surface area contributed by atoms with E-state index in [2.05, 4.69) is 9.55 Å². The minimum atomic E-state index is -0.376. The molecule has 0 saturated carbocycles. The van der Waals surface area contributed by atoms with Crippen molar-refractivity contribution in [2.75, 3.05) is 0 Å². The van der Waals surface area contributed by atoms with Gasteiger partial charge in [-0.15, -0.1) is 11.3 Å². The standard InChI is InChI=1S/C13H11N3OS/c14-13(17)10-5-11(18-8-10)7-16-4-2-9-6-15-3-1-12(9)16/h1-6,8H,7H2,(H2,14,17). The first-order valence-electron chi connectivity index (χ1n) is 5.50. The molecule has 0 aromatic carbocycles.